The Morgan fingerprint density at radius 3 is 2.56 bits per heavy atom. The van der Waals surface area contributed by atoms with Crippen molar-refractivity contribution in [1.82, 2.24) is 20.4 Å². The highest BCUT2D eigenvalue weighted by atomic mass is 35.5. The molecule has 4 aromatic rings. The molecule has 0 spiro atoms. The van der Waals surface area contributed by atoms with Crippen LogP contribution in [0.5, 0.6) is 0 Å². The largest absolute Gasteiger partial charge is 0.360 e. The molecule has 27 heavy (non-hydrogen) atoms. The van der Waals surface area contributed by atoms with Crippen molar-refractivity contribution in [2.75, 3.05) is 17.2 Å². The molecule has 0 aliphatic rings. The van der Waals surface area contributed by atoms with Crippen LogP contribution < -0.4 is 10.6 Å². The number of hydrogen-bond acceptors (Lipinski definition) is 5. The lowest BCUT2D eigenvalue weighted by molar-refractivity contribution is -0.114. The zero-order chi connectivity index (χ0) is 18.6. The van der Waals surface area contributed by atoms with E-state index in [0.29, 0.717) is 16.7 Å². The van der Waals surface area contributed by atoms with E-state index in [1.165, 1.54) is 0 Å². The molecular formula is C18H15ClN6OS. The summed E-state index contributed by atoms with van der Waals surface area (Å²) in [6.07, 6.45) is 0. The summed E-state index contributed by atoms with van der Waals surface area (Å²) < 4.78 is 0. The molecule has 9 heteroatoms. The van der Waals surface area contributed by atoms with Crippen LogP contribution in [0.4, 0.5) is 11.6 Å². The SMILES string of the molecule is O=C(CNc1cc(-c2cccs2)[nH]n1)Nc1cc(-c2ccc(Cl)cc2)[nH]n1. The van der Waals surface area contributed by atoms with Gasteiger partial charge in [0.25, 0.3) is 0 Å². The number of amides is 1. The first-order valence-corrected chi connectivity index (χ1v) is 9.37. The van der Waals surface area contributed by atoms with Gasteiger partial charge in [-0.1, -0.05) is 29.8 Å². The number of carbonyl (C=O) groups is 1. The molecule has 0 saturated carbocycles. The summed E-state index contributed by atoms with van der Waals surface area (Å²) in [7, 11) is 0. The van der Waals surface area contributed by atoms with Gasteiger partial charge in [0.05, 0.1) is 22.8 Å². The van der Waals surface area contributed by atoms with E-state index in [1.807, 2.05) is 35.7 Å². The lowest BCUT2D eigenvalue weighted by atomic mass is 10.1. The third-order valence-electron chi connectivity index (χ3n) is 3.80. The van der Waals surface area contributed by atoms with Crippen LogP contribution in [0.25, 0.3) is 21.8 Å². The summed E-state index contributed by atoms with van der Waals surface area (Å²) in [6.45, 7) is 0.0812. The van der Waals surface area contributed by atoms with Gasteiger partial charge in [-0.05, 0) is 29.1 Å². The second-order valence-corrected chi connectivity index (χ2v) is 7.10. The van der Waals surface area contributed by atoms with E-state index in [2.05, 4.69) is 31.0 Å². The number of carbonyl (C=O) groups excluding carboxylic acids is 1. The first-order valence-electron chi connectivity index (χ1n) is 8.12. The van der Waals surface area contributed by atoms with Gasteiger partial charge >= 0.3 is 0 Å². The van der Waals surface area contributed by atoms with E-state index in [9.17, 15) is 4.79 Å². The van der Waals surface area contributed by atoms with Crippen molar-refractivity contribution in [3.63, 3.8) is 0 Å². The Hall–Kier alpha value is -3.10. The van der Waals surface area contributed by atoms with Crippen molar-refractivity contribution >= 4 is 40.5 Å². The van der Waals surface area contributed by atoms with Crippen LogP contribution >= 0.6 is 22.9 Å². The Balaban J connectivity index is 1.33. The number of aromatic nitrogens is 4. The Kier molecular flexibility index (Phi) is 4.91. The Bertz CT molecular complexity index is 1040. The molecular weight excluding hydrogens is 384 g/mol. The van der Waals surface area contributed by atoms with Crippen LogP contribution in [0.2, 0.25) is 5.02 Å². The average Bonchev–Trinajstić information content (AvgIpc) is 3.42. The zero-order valence-corrected chi connectivity index (χ0v) is 15.6. The molecule has 1 aromatic carbocycles. The summed E-state index contributed by atoms with van der Waals surface area (Å²) in [4.78, 5) is 13.2. The predicted octanol–water partition coefficient (Wildman–Crippen LogP) is 4.23. The van der Waals surface area contributed by atoms with Gasteiger partial charge in [-0.15, -0.1) is 11.3 Å². The van der Waals surface area contributed by atoms with Gasteiger partial charge in [-0.3, -0.25) is 15.0 Å². The molecule has 0 saturated heterocycles. The van der Waals surface area contributed by atoms with Crippen LogP contribution in [0.1, 0.15) is 0 Å². The molecule has 1 amide bonds. The lowest BCUT2D eigenvalue weighted by Crippen LogP contribution is -2.22. The number of benzene rings is 1. The molecule has 0 bridgehead atoms. The fourth-order valence-corrected chi connectivity index (χ4v) is 3.31. The summed E-state index contributed by atoms with van der Waals surface area (Å²) in [5.74, 6) is 0.843. The second-order valence-electron chi connectivity index (χ2n) is 5.72. The van der Waals surface area contributed by atoms with E-state index < -0.39 is 0 Å². The molecule has 4 N–H and O–H groups in total. The summed E-state index contributed by atoms with van der Waals surface area (Å²) in [5.41, 5.74) is 2.64. The Morgan fingerprint density at radius 1 is 1.04 bits per heavy atom. The maximum atomic E-state index is 12.1. The normalized spacial score (nSPS) is 10.7. The maximum absolute atomic E-state index is 12.1. The molecule has 0 atom stereocenters. The Labute approximate surface area is 163 Å². The van der Waals surface area contributed by atoms with E-state index in [1.54, 1.807) is 29.5 Å². The topological polar surface area (TPSA) is 98.5 Å². The quantitative estimate of drug-likeness (QED) is 0.390. The number of anilines is 2. The first kappa shape index (κ1) is 17.3. The van der Waals surface area contributed by atoms with Crippen molar-refractivity contribution in [2.45, 2.75) is 0 Å². The molecule has 3 aromatic heterocycles. The second kappa shape index (κ2) is 7.65. The minimum Gasteiger partial charge on any atom is -0.360 e. The number of rotatable bonds is 6. The number of hydrogen-bond donors (Lipinski definition) is 4. The van der Waals surface area contributed by atoms with Crippen molar-refractivity contribution in [2.24, 2.45) is 0 Å². The van der Waals surface area contributed by atoms with Crippen molar-refractivity contribution in [3.8, 4) is 21.8 Å². The fourth-order valence-electron chi connectivity index (χ4n) is 2.49. The molecule has 0 radical (unpaired) electrons. The smallest absolute Gasteiger partial charge is 0.244 e. The molecule has 7 nitrogen and oxygen atoms in total. The fraction of sp³-hybridized carbons (Fsp3) is 0.0556. The monoisotopic (exact) mass is 398 g/mol. The highest BCUT2D eigenvalue weighted by Gasteiger charge is 2.09. The van der Waals surface area contributed by atoms with E-state index in [0.717, 1.165) is 21.8 Å². The van der Waals surface area contributed by atoms with Crippen molar-refractivity contribution in [1.29, 1.82) is 0 Å². The molecule has 136 valence electrons. The predicted molar refractivity (Wildman–Crippen MR) is 108 cm³/mol. The van der Waals surface area contributed by atoms with Gasteiger partial charge < -0.3 is 10.6 Å². The van der Waals surface area contributed by atoms with Gasteiger partial charge in [0.2, 0.25) is 5.91 Å². The molecule has 0 aliphatic heterocycles. The Morgan fingerprint density at radius 2 is 1.78 bits per heavy atom. The van der Waals surface area contributed by atoms with Crippen molar-refractivity contribution in [3.05, 3.63) is 58.9 Å². The van der Waals surface area contributed by atoms with Gasteiger partial charge in [0, 0.05) is 17.2 Å². The number of nitrogens with zero attached hydrogens (tertiary/aromatic N) is 2. The number of nitrogens with one attached hydrogen (secondary N) is 4. The van der Waals surface area contributed by atoms with Crippen LogP contribution in [0, 0.1) is 0 Å². The summed E-state index contributed by atoms with van der Waals surface area (Å²) >= 11 is 7.51. The molecule has 4 rings (SSSR count). The molecule has 3 heterocycles. The summed E-state index contributed by atoms with van der Waals surface area (Å²) in [6, 6.07) is 15.0. The number of aromatic amines is 2. The lowest BCUT2D eigenvalue weighted by Gasteiger charge is -2.02. The molecule has 0 aliphatic carbocycles. The van der Waals surface area contributed by atoms with Gasteiger partial charge in [0.15, 0.2) is 5.82 Å². The number of halogens is 1. The van der Waals surface area contributed by atoms with Crippen LogP contribution in [0.15, 0.2) is 53.9 Å². The van der Waals surface area contributed by atoms with Crippen molar-refractivity contribution < 1.29 is 4.79 Å². The minimum absolute atomic E-state index is 0.0812. The first-order chi connectivity index (χ1) is 13.2. The highest BCUT2D eigenvalue weighted by Crippen LogP contribution is 2.24. The number of H-pyrrole nitrogens is 2. The maximum Gasteiger partial charge on any atom is 0.244 e. The number of thiophene rings is 1. The highest BCUT2D eigenvalue weighted by molar-refractivity contribution is 7.13. The van der Waals surface area contributed by atoms with Gasteiger partial charge in [-0.2, -0.15) is 10.2 Å². The van der Waals surface area contributed by atoms with E-state index in [4.69, 9.17) is 11.6 Å². The van der Waals surface area contributed by atoms with Crippen LogP contribution in [-0.2, 0) is 4.79 Å². The van der Waals surface area contributed by atoms with E-state index >= 15 is 0 Å². The third-order valence-corrected chi connectivity index (χ3v) is 4.95. The minimum atomic E-state index is -0.218. The van der Waals surface area contributed by atoms with Crippen LogP contribution in [-0.4, -0.2) is 32.8 Å². The van der Waals surface area contributed by atoms with E-state index in [-0.39, 0.29) is 12.5 Å². The third kappa shape index (κ3) is 4.18. The van der Waals surface area contributed by atoms with Gasteiger partial charge in [-0.25, -0.2) is 0 Å². The average molecular weight is 399 g/mol. The van der Waals surface area contributed by atoms with Crippen LogP contribution in [0.3, 0.4) is 0 Å². The summed E-state index contributed by atoms with van der Waals surface area (Å²) in [5, 5.41) is 22.5. The molecule has 0 fully saturated rings. The standard InChI is InChI=1S/C18H15ClN6OS/c19-12-5-3-11(4-6-12)13-8-17(25-22-13)21-18(26)10-20-16-9-14(23-24-16)15-2-1-7-27-15/h1-9H,10H2,(H2,20,23,24)(H2,21,22,25,26). The zero-order valence-electron chi connectivity index (χ0n) is 14.0. The van der Waals surface area contributed by atoms with Gasteiger partial charge in [0.1, 0.15) is 5.82 Å². The molecule has 0 unspecified atom stereocenters.